The van der Waals surface area contributed by atoms with Crippen LogP contribution in [0.3, 0.4) is 0 Å². The number of allylic oxidation sites excluding steroid dienone is 2. The molecular formula is C14H19N. The second-order valence-corrected chi connectivity index (χ2v) is 6.17. The monoisotopic (exact) mass is 201 g/mol. The molecule has 0 heterocycles. The van der Waals surface area contributed by atoms with Gasteiger partial charge in [0.1, 0.15) is 0 Å². The molecule has 4 unspecified atom stereocenters. The van der Waals surface area contributed by atoms with Crippen LogP contribution in [0.2, 0.25) is 0 Å². The van der Waals surface area contributed by atoms with Gasteiger partial charge in [0.25, 0.3) is 0 Å². The van der Waals surface area contributed by atoms with Crippen LogP contribution in [0.4, 0.5) is 0 Å². The molecule has 0 spiro atoms. The lowest BCUT2D eigenvalue weighted by Gasteiger charge is -2.61. The molecule has 3 fully saturated rings. The molecule has 4 rings (SSSR count). The van der Waals surface area contributed by atoms with Crippen LogP contribution in [0.1, 0.15) is 39.5 Å². The van der Waals surface area contributed by atoms with Crippen LogP contribution < -0.4 is 0 Å². The predicted molar refractivity (Wildman–Crippen MR) is 59.9 cm³/mol. The van der Waals surface area contributed by atoms with Crippen LogP contribution in [-0.2, 0) is 0 Å². The summed E-state index contributed by atoms with van der Waals surface area (Å²) in [7, 11) is 0. The zero-order chi connectivity index (χ0) is 10.6. The molecule has 0 aromatic carbocycles. The largest absolute Gasteiger partial charge is 0.198 e. The van der Waals surface area contributed by atoms with Crippen molar-refractivity contribution >= 4 is 0 Å². The maximum atomic E-state index is 9.18. The minimum atomic E-state index is 0.325. The Morgan fingerprint density at radius 2 is 2.20 bits per heavy atom. The van der Waals surface area contributed by atoms with Crippen molar-refractivity contribution in [3.05, 3.63) is 11.6 Å². The highest BCUT2D eigenvalue weighted by atomic mass is 14.6. The Hall–Kier alpha value is -0.770. The van der Waals surface area contributed by atoms with Gasteiger partial charge >= 0.3 is 0 Å². The van der Waals surface area contributed by atoms with E-state index in [1.807, 2.05) is 0 Å². The molecule has 0 aliphatic heterocycles. The van der Waals surface area contributed by atoms with Crippen LogP contribution in [0.5, 0.6) is 0 Å². The molecule has 4 aliphatic carbocycles. The topological polar surface area (TPSA) is 23.8 Å². The van der Waals surface area contributed by atoms with Crippen molar-refractivity contribution < 1.29 is 0 Å². The van der Waals surface area contributed by atoms with Crippen molar-refractivity contribution in [2.45, 2.75) is 39.5 Å². The normalized spacial score (nSPS) is 45.8. The quantitative estimate of drug-likeness (QED) is 0.550. The van der Waals surface area contributed by atoms with Gasteiger partial charge in [-0.1, -0.05) is 25.5 Å². The molecular weight excluding hydrogens is 182 g/mol. The van der Waals surface area contributed by atoms with E-state index in [0.717, 1.165) is 24.7 Å². The van der Waals surface area contributed by atoms with Gasteiger partial charge in [-0.2, -0.15) is 5.26 Å². The van der Waals surface area contributed by atoms with Crippen molar-refractivity contribution in [2.24, 2.45) is 29.1 Å². The highest BCUT2D eigenvalue weighted by Crippen LogP contribution is 2.64. The van der Waals surface area contributed by atoms with E-state index in [9.17, 15) is 5.26 Å². The first-order valence-electron chi connectivity index (χ1n) is 6.24. The third-order valence-corrected chi connectivity index (χ3v) is 5.35. The first-order chi connectivity index (χ1) is 7.14. The molecule has 15 heavy (non-hydrogen) atoms. The van der Waals surface area contributed by atoms with Crippen molar-refractivity contribution in [3.8, 4) is 6.07 Å². The zero-order valence-corrected chi connectivity index (χ0v) is 9.66. The van der Waals surface area contributed by atoms with Gasteiger partial charge in [-0.3, -0.25) is 0 Å². The Bertz CT molecular complexity index is 358. The lowest BCUT2D eigenvalue weighted by atomic mass is 9.43. The van der Waals surface area contributed by atoms with E-state index in [1.165, 1.54) is 12.8 Å². The van der Waals surface area contributed by atoms with Crippen LogP contribution in [0.15, 0.2) is 11.6 Å². The summed E-state index contributed by atoms with van der Waals surface area (Å²) >= 11 is 0. The van der Waals surface area contributed by atoms with E-state index in [1.54, 1.807) is 5.57 Å². The zero-order valence-electron chi connectivity index (χ0n) is 9.66. The molecule has 2 bridgehead atoms. The number of nitrogens with zero attached hydrogens (tertiary/aromatic N) is 1. The molecule has 0 N–H and O–H groups in total. The fourth-order valence-corrected chi connectivity index (χ4v) is 4.16. The summed E-state index contributed by atoms with van der Waals surface area (Å²) < 4.78 is 0. The van der Waals surface area contributed by atoms with Gasteiger partial charge in [0.05, 0.1) is 12.0 Å². The average Bonchev–Trinajstić information content (AvgIpc) is 2.27. The number of nitriles is 1. The molecule has 0 aromatic rings. The molecule has 0 aromatic heterocycles. The molecule has 3 saturated carbocycles. The summed E-state index contributed by atoms with van der Waals surface area (Å²) in [6.45, 7) is 4.83. The van der Waals surface area contributed by atoms with E-state index in [2.05, 4.69) is 26.0 Å². The molecule has 0 amide bonds. The molecule has 4 aliphatic rings. The Kier molecular flexibility index (Phi) is 1.81. The van der Waals surface area contributed by atoms with Gasteiger partial charge in [-0.15, -0.1) is 0 Å². The van der Waals surface area contributed by atoms with E-state index < -0.39 is 0 Å². The standard InChI is InChI=1S/C14H19N/c1-14(2)10-6-12-9(8-15)4-3-5-11(12)13(14)7-10/h5,9-10,12-13H,3-4,6-7H2,1-2H3. The maximum Gasteiger partial charge on any atom is 0.0662 e. The van der Waals surface area contributed by atoms with Gasteiger partial charge in [0, 0.05) is 0 Å². The highest BCUT2D eigenvalue weighted by molar-refractivity contribution is 5.28. The summed E-state index contributed by atoms with van der Waals surface area (Å²) in [5, 5.41) is 9.18. The molecule has 1 nitrogen and oxygen atoms in total. The molecule has 80 valence electrons. The van der Waals surface area contributed by atoms with Crippen LogP contribution in [0.25, 0.3) is 0 Å². The van der Waals surface area contributed by atoms with Crippen LogP contribution in [-0.4, -0.2) is 0 Å². The fraction of sp³-hybridized carbons (Fsp3) is 0.786. The second kappa shape index (κ2) is 2.88. The Morgan fingerprint density at radius 1 is 1.40 bits per heavy atom. The van der Waals surface area contributed by atoms with E-state index in [0.29, 0.717) is 17.3 Å². The molecule has 0 saturated heterocycles. The lowest BCUT2D eigenvalue weighted by molar-refractivity contribution is -0.0560. The summed E-state index contributed by atoms with van der Waals surface area (Å²) in [4.78, 5) is 0. The Balaban J connectivity index is 1.94. The number of rotatable bonds is 0. The van der Waals surface area contributed by atoms with Crippen molar-refractivity contribution in [1.82, 2.24) is 0 Å². The molecule has 0 radical (unpaired) electrons. The van der Waals surface area contributed by atoms with Crippen LogP contribution >= 0.6 is 0 Å². The SMILES string of the molecule is CC1(C)C2CC3C(=CCCC3C#N)C1C2. The Morgan fingerprint density at radius 3 is 2.87 bits per heavy atom. The van der Waals surface area contributed by atoms with Gasteiger partial charge in [0.15, 0.2) is 0 Å². The second-order valence-electron chi connectivity index (χ2n) is 6.17. The smallest absolute Gasteiger partial charge is 0.0662 e. The van der Waals surface area contributed by atoms with Crippen molar-refractivity contribution in [1.29, 1.82) is 5.26 Å². The first kappa shape index (κ1) is 9.46. The van der Waals surface area contributed by atoms with Gasteiger partial charge < -0.3 is 0 Å². The minimum absolute atomic E-state index is 0.325. The molecule has 4 atom stereocenters. The fourth-order valence-electron chi connectivity index (χ4n) is 4.16. The highest BCUT2D eigenvalue weighted by Gasteiger charge is 2.56. The van der Waals surface area contributed by atoms with Crippen LogP contribution in [0, 0.1) is 40.4 Å². The summed E-state index contributed by atoms with van der Waals surface area (Å²) in [6, 6.07) is 2.53. The number of hydrogen-bond acceptors (Lipinski definition) is 1. The Labute approximate surface area is 92.2 Å². The lowest BCUT2D eigenvalue weighted by Crippen LogP contribution is -2.53. The third kappa shape index (κ3) is 1.08. The summed E-state index contributed by atoms with van der Waals surface area (Å²) in [6.07, 6.45) is 7.38. The minimum Gasteiger partial charge on any atom is -0.198 e. The van der Waals surface area contributed by atoms with Gasteiger partial charge in [0.2, 0.25) is 0 Å². The average molecular weight is 201 g/mol. The first-order valence-corrected chi connectivity index (χ1v) is 6.24. The molecule has 1 heteroatoms. The van der Waals surface area contributed by atoms with Gasteiger partial charge in [-0.25, -0.2) is 0 Å². The van der Waals surface area contributed by atoms with Crippen molar-refractivity contribution in [3.63, 3.8) is 0 Å². The van der Waals surface area contributed by atoms with E-state index in [4.69, 9.17) is 0 Å². The third-order valence-electron chi connectivity index (χ3n) is 5.35. The van der Waals surface area contributed by atoms with Gasteiger partial charge in [-0.05, 0) is 48.9 Å². The number of hydrogen-bond donors (Lipinski definition) is 0. The van der Waals surface area contributed by atoms with E-state index >= 15 is 0 Å². The summed E-state index contributed by atoms with van der Waals surface area (Å²) in [5.74, 6) is 2.64. The van der Waals surface area contributed by atoms with E-state index in [-0.39, 0.29) is 0 Å². The maximum absolute atomic E-state index is 9.18. The predicted octanol–water partition coefficient (Wildman–Crippen LogP) is 3.53. The summed E-state index contributed by atoms with van der Waals surface area (Å²) in [5.41, 5.74) is 2.18. The van der Waals surface area contributed by atoms with Crippen molar-refractivity contribution in [2.75, 3.05) is 0 Å².